The molecular weight excluding hydrogens is 324 g/mol. The van der Waals surface area contributed by atoms with Crippen LogP contribution < -0.4 is 5.32 Å². The Labute approximate surface area is 146 Å². The number of carbonyl (C=O) groups excluding carboxylic acids is 2. The van der Waals surface area contributed by atoms with Crippen molar-refractivity contribution < 1.29 is 9.59 Å². The van der Waals surface area contributed by atoms with Crippen LogP contribution in [0.15, 0.2) is 54.6 Å². The summed E-state index contributed by atoms with van der Waals surface area (Å²) < 4.78 is 0. The SMILES string of the molecule is O=C(NC1CCN(C(=O)c2ccccc2)CC1)c1ccc(Cl)cc1. The van der Waals surface area contributed by atoms with Gasteiger partial charge in [0, 0.05) is 35.3 Å². The van der Waals surface area contributed by atoms with E-state index in [1.807, 2.05) is 35.2 Å². The predicted octanol–water partition coefficient (Wildman–Crippen LogP) is 3.37. The largest absolute Gasteiger partial charge is 0.349 e. The zero-order valence-corrected chi connectivity index (χ0v) is 14.0. The molecule has 2 amide bonds. The van der Waals surface area contributed by atoms with Crippen molar-refractivity contribution in [3.05, 3.63) is 70.7 Å². The number of nitrogens with one attached hydrogen (secondary N) is 1. The van der Waals surface area contributed by atoms with Crippen molar-refractivity contribution in [1.82, 2.24) is 10.2 Å². The maximum Gasteiger partial charge on any atom is 0.253 e. The highest BCUT2D eigenvalue weighted by atomic mass is 35.5. The number of piperidine rings is 1. The highest BCUT2D eigenvalue weighted by Gasteiger charge is 2.24. The Morgan fingerprint density at radius 1 is 0.917 bits per heavy atom. The third-order valence-electron chi connectivity index (χ3n) is 4.24. The fraction of sp³-hybridized carbons (Fsp3) is 0.263. The Hall–Kier alpha value is -2.33. The van der Waals surface area contributed by atoms with Gasteiger partial charge in [-0.1, -0.05) is 29.8 Å². The van der Waals surface area contributed by atoms with Crippen molar-refractivity contribution in [3.63, 3.8) is 0 Å². The first-order valence-corrected chi connectivity index (χ1v) is 8.42. The molecule has 2 aromatic carbocycles. The molecule has 0 spiro atoms. The van der Waals surface area contributed by atoms with Crippen molar-refractivity contribution >= 4 is 23.4 Å². The maximum atomic E-state index is 12.4. The monoisotopic (exact) mass is 342 g/mol. The Kier molecular flexibility index (Phi) is 5.16. The molecule has 0 unspecified atom stereocenters. The van der Waals surface area contributed by atoms with Crippen LogP contribution in [-0.2, 0) is 0 Å². The van der Waals surface area contributed by atoms with E-state index in [1.54, 1.807) is 24.3 Å². The molecule has 0 aliphatic carbocycles. The van der Waals surface area contributed by atoms with Crippen molar-refractivity contribution in [1.29, 1.82) is 0 Å². The average molecular weight is 343 g/mol. The van der Waals surface area contributed by atoms with Crippen molar-refractivity contribution in [2.24, 2.45) is 0 Å². The first-order valence-electron chi connectivity index (χ1n) is 8.04. The number of likely N-dealkylation sites (tertiary alicyclic amines) is 1. The molecule has 3 rings (SSSR count). The van der Waals surface area contributed by atoms with E-state index in [1.165, 1.54) is 0 Å². The van der Waals surface area contributed by atoms with E-state index in [4.69, 9.17) is 11.6 Å². The molecule has 1 N–H and O–H groups in total. The third kappa shape index (κ3) is 3.95. The van der Waals surface area contributed by atoms with Crippen LogP contribution in [0.4, 0.5) is 0 Å². The molecule has 0 bridgehead atoms. The lowest BCUT2D eigenvalue weighted by molar-refractivity contribution is 0.0698. The zero-order chi connectivity index (χ0) is 16.9. The minimum Gasteiger partial charge on any atom is -0.349 e. The Balaban J connectivity index is 1.53. The quantitative estimate of drug-likeness (QED) is 0.929. The summed E-state index contributed by atoms with van der Waals surface area (Å²) in [4.78, 5) is 26.5. The van der Waals surface area contributed by atoms with Crippen LogP contribution in [0.25, 0.3) is 0 Å². The van der Waals surface area contributed by atoms with Crippen LogP contribution in [0.5, 0.6) is 0 Å². The molecule has 5 heteroatoms. The highest BCUT2D eigenvalue weighted by molar-refractivity contribution is 6.30. The van der Waals surface area contributed by atoms with Gasteiger partial charge in [-0.25, -0.2) is 0 Å². The lowest BCUT2D eigenvalue weighted by atomic mass is 10.0. The van der Waals surface area contributed by atoms with E-state index in [-0.39, 0.29) is 17.9 Å². The van der Waals surface area contributed by atoms with E-state index in [2.05, 4.69) is 5.32 Å². The van der Waals surface area contributed by atoms with Gasteiger partial charge < -0.3 is 10.2 Å². The van der Waals surface area contributed by atoms with Crippen LogP contribution in [0, 0.1) is 0 Å². The number of carbonyl (C=O) groups is 2. The summed E-state index contributed by atoms with van der Waals surface area (Å²) >= 11 is 5.84. The van der Waals surface area contributed by atoms with Gasteiger partial charge in [-0.05, 0) is 49.2 Å². The van der Waals surface area contributed by atoms with Crippen molar-refractivity contribution in [3.8, 4) is 0 Å². The number of hydrogen-bond donors (Lipinski definition) is 1. The molecular formula is C19H19ClN2O2. The molecule has 124 valence electrons. The van der Waals surface area contributed by atoms with Gasteiger partial charge in [0.15, 0.2) is 0 Å². The number of amides is 2. The van der Waals surface area contributed by atoms with Gasteiger partial charge in [-0.3, -0.25) is 9.59 Å². The molecule has 1 saturated heterocycles. The van der Waals surface area contributed by atoms with Gasteiger partial charge in [-0.2, -0.15) is 0 Å². The van der Waals surface area contributed by atoms with Gasteiger partial charge in [0.1, 0.15) is 0 Å². The molecule has 0 radical (unpaired) electrons. The van der Waals surface area contributed by atoms with Crippen LogP contribution in [0.1, 0.15) is 33.6 Å². The number of nitrogens with zero attached hydrogens (tertiary/aromatic N) is 1. The molecule has 0 atom stereocenters. The fourth-order valence-corrected chi connectivity index (χ4v) is 2.99. The van der Waals surface area contributed by atoms with E-state index < -0.39 is 0 Å². The third-order valence-corrected chi connectivity index (χ3v) is 4.50. The number of benzene rings is 2. The summed E-state index contributed by atoms with van der Waals surface area (Å²) in [6.07, 6.45) is 1.52. The molecule has 0 saturated carbocycles. The van der Waals surface area contributed by atoms with Crippen molar-refractivity contribution in [2.45, 2.75) is 18.9 Å². The zero-order valence-electron chi connectivity index (χ0n) is 13.2. The summed E-state index contributed by atoms with van der Waals surface area (Å²) in [5.41, 5.74) is 1.31. The van der Waals surface area contributed by atoms with E-state index in [0.29, 0.717) is 29.2 Å². The van der Waals surface area contributed by atoms with Crippen LogP contribution >= 0.6 is 11.6 Å². The molecule has 4 nitrogen and oxygen atoms in total. The first kappa shape index (κ1) is 16.5. The van der Waals surface area contributed by atoms with E-state index in [0.717, 1.165) is 12.8 Å². The Morgan fingerprint density at radius 3 is 2.17 bits per heavy atom. The van der Waals surface area contributed by atoms with Gasteiger partial charge >= 0.3 is 0 Å². The minimum absolute atomic E-state index is 0.0538. The highest BCUT2D eigenvalue weighted by Crippen LogP contribution is 2.15. The second kappa shape index (κ2) is 7.49. The molecule has 1 heterocycles. The standard InChI is InChI=1S/C19H19ClN2O2/c20-16-8-6-14(7-9-16)18(23)21-17-10-12-22(13-11-17)19(24)15-4-2-1-3-5-15/h1-9,17H,10-13H2,(H,21,23). The molecule has 1 aliphatic rings. The molecule has 1 fully saturated rings. The normalized spacial score (nSPS) is 15.1. The smallest absolute Gasteiger partial charge is 0.253 e. The average Bonchev–Trinajstić information content (AvgIpc) is 2.63. The summed E-state index contributed by atoms with van der Waals surface area (Å²) in [7, 11) is 0. The molecule has 24 heavy (non-hydrogen) atoms. The van der Waals surface area contributed by atoms with Gasteiger partial charge in [0.05, 0.1) is 0 Å². The number of halogens is 1. The Bertz CT molecular complexity index is 708. The van der Waals surface area contributed by atoms with Gasteiger partial charge in [0.2, 0.25) is 0 Å². The van der Waals surface area contributed by atoms with E-state index in [9.17, 15) is 9.59 Å². The molecule has 1 aliphatic heterocycles. The summed E-state index contributed by atoms with van der Waals surface area (Å²) in [6.45, 7) is 1.30. The van der Waals surface area contributed by atoms with Crippen LogP contribution in [-0.4, -0.2) is 35.8 Å². The van der Waals surface area contributed by atoms with Gasteiger partial charge in [0.25, 0.3) is 11.8 Å². The maximum absolute atomic E-state index is 12.4. The summed E-state index contributed by atoms with van der Waals surface area (Å²) in [5, 5.41) is 3.64. The van der Waals surface area contributed by atoms with Gasteiger partial charge in [-0.15, -0.1) is 0 Å². The molecule has 2 aromatic rings. The Morgan fingerprint density at radius 2 is 1.54 bits per heavy atom. The van der Waals surface area contributed by atoms with Crippen LogP contribution in [0.3, 0.4) is 0 Å². The molecule has 0 aromatic heterocycles. The lowest BCUT2D eigenvalue weighted by Crippen LogP contribution is -2.46. The summed E-state index contributed by atoms with van der Waals surface area (Å²) in [6, 6.07) is 16.2. The second-order valence-electron chi connectivity index (χ2n) is 5.91. The lowest BCUT2D eigenvalue weighted by Gasteiger charge is -2.32. The fourth-order valence-electron chi connectivity index (χ4n) is 2.86. The number of hydrogen-bond acceptors (Lipinski definition) is 2. The minimum atomic E-state index is -0.0977. The van der Waals surface area contributed by atoms with Crippen LogP contribution in [0.2, 0.25) is 5.02 Å². The van der Waals surface area contributed by atoms with Crippen molar-refractivity contribution in [2.75, 3.05) is 13.1 Å². The number of rotatable bonds is 3. The predicted molar refractivity (Wildman–Crippen MR) is 94.3 cm³/mol. The second-order valence-corrected chi connectivity index (χ2v) is 6.35. The topological polar surface area (TPSA) is 49.4 Å². The first-order chi connectivity index (χ1) is 11.6. The van der Waals surface area contributed by atoms with E-state index >= 15 is 0 Å². The summed E-state index contributed by atoms with van der Waals surface area (Å²) in [5.74, 6) is -0.0439.